The van der Waals surface area contributed by atoms with Crippen LogP contribution in [0.5, 0.6) is 0 Å². The van der Waals surface area contributed by atoms with Crippen LogP contribution in [0.3, 0.4) is 0 Å². The maximum absolute atomic E-state index is 12.9. The van der Waals surface area contributed by atoms with Crippen LogP contribution in [0.2, 0.25) is 5.02 Å². The van der Waals surface area contributed by atoms with Gasteiger partial charge in [-0.1, -0.05) is 48.0 Å². The second-order valence-electron chi connectivity index (χ2n) is 6.28. The molecule has 0 bridgehead atoms. The molecule has 0 saturated carbocycles. The average Bonchev–Trinajstić information content (AvgIpc) is 2.97. The van der Waals surface area contributed by atoms with Gasteiger partial charge < -0.3 is 5.32 Å². The maximum Gasteiger partial charge on any atom is 0.352 e. The van der Waals surface area contributed by atoms with Gasteiger partial charge in [-0.05, 0) is 25.1 Å². The summed E-state index contributed by atoms with van der Waals surface area (Å²) < 4.78 is 2.54. The van der Waals surface area contributed by atoms with Gasteiger partial charge in [-0.2, -0.15) is 0 Å². The smallest absolute Gasteiger partial charge is 0.324 e. The van der Waals surface area contributed by atoms with Crippen molar-refractivity contribution in [3.05, 3.63) is 81.9 Å². The van der Waals surface area contributed by atoms with Crippen molar-refractivity contribution in [1.29, 1.82) is 0 Å². The Morgan fingerprint density at radius 1 is 1.11 bits per heavy atom. The van der Waals surface area contributed by atoms with Crippen molar-refractivity contribution in [3.8, 4) is 11.4 Å². The number of nitrogens with one attached hydrogen (secondary N) is 1. The van der Waals surface area contributed by atoms with Crippen molar-refractivity contribution in [3.63, 3.8) is 0 Å². The van der Waals surface area contributed by atoms with E-state index in [0.717, 1.165) is 15.9 Å². The van der Waals surface area contributed by atoms with Crippen molar-refractivity contribution in [1.82, 2.24) is 19.2 Å². The minimum Gasteiger partial charge on any atom is -0.324 e. The van der Waals surface area contributed by atoms with E-state index in [1.165, 1.54) is 4.40 Å². The summed E-state index contributed by atoms with van der Waals surface area (Å²) in [6, 6.07) is 17.9. The Hall–Kier alpha value is -3.45. The van der Waals surface area contributed by atoms with Gasteiger partial charge in [0, 0.05) is 28.0 Å². The molecule has 1 N–H and O–H groups in total. The largest absolute Gasteiger partial charge is 0.352 e. The van der Waals surface area contributed by atoms with Crippen LogP contribution >= 0.6 is 11.6 Å². The van der Waals surface area contributed by atoms with Gasteiger partial charge in [-0.25, -0.2) is 18.9 Å². The number of benzene rings is 2. The first-order chi connectivity index (χ1) is 13.5. The number of hydrogen-bond acceptors (Lipinski definition) is 4. The molecule has 4 aromatic rings. The number of hydrogen-bond donors (Lipinski definition) is 1. The van der Waals surface area contributed by atoms with E-state index in [1.807, 2.05) is 37.3 Å². The van der Waals surface area contributed by atoms with Gasteiger partial charge in [0.05, 0.1) is 0 Å². The predicted octanol–water partition coefficient (Wildman–Crippen LogP) is 3.16. The first-order valence-corrected chi connectivity index (χ1v) is 8.97. The lowest BCUT2D eigenvalue weighted by atomic mass is 10.2. The molecule has 2 aromatic carbocycles. The van der Waals surface area contributed by atoms with Crippen molar-refractivity contribution >= 4 is 28.8 Å². The standard InChI is InChI=1S/C20H16ClN5O2/c1-13-10-17-24-25(12-18(27)23-16-9-5-8-15(21)11-16)20(28)26(17)19(22-13)14-6-3-2-4-7-14/h2-11H,12H2,1H3,(H,23,27). The normalized spacial score (nSPS) is 10.9. The molecule has 8 heteroatoms. The van der Waals surface area contributed by atoms with Crippen LogP contribution in [-0.4, -0.2) is 25.1 Å². The molecule has 0 atom stereocenters. The number of fused-ring (bicyclic) bond motifs is 1. The second kappa shape index (κ2) is 7.28. The van der Waals surface area contributed by atoms with E-state index in [1.54, 1.807) is 30.3 Å². The van der Waals surface area contributed by atoms with E-state index in [9.17, 15) is 9.59 Å². The molecule has 28 heavy (non-hydrogen) atoms. The molecular weight excluding hydrogens is 378 g/mol. The number of nitrogens with zero attached hydrogens (tertiary/aromatic N) is 4. The quantitative estimate of drug-likeness (QED) is 0.577. The van der Waals surface area contributed by atoms with E-state index >= 15 is 0 Å². The van der Waals surface area contributed by atoms with E-state index in [-0.39, 0.29) is 12.5 Å². The molecular formula is C20H16ClN5O2. The molecule has 0 saturated heterocycles. The van der Waals surface area contributed by atoms with Gasteiger partial charge in [0.1, 0.15) is 12.4 Å². The second-order valence-corrected chi connectivity index (χ2v) is 6.72. The van der Waals surface area contributed by atoms with E-state index in [4.69, 9.17) is 11.6 Å². The minimum atomic E-state index is -0.428. The lowest BCUT2D eigenvalue weighted by Gasteiger charge is -2.05. The molecule has 1 amide bonds. The third-order valence-electron chi connectivity index (χ3n) is 4.13. The molecule has 0 aliphatic rings. The topological polar surface area (TPSA) is 81.3 Å². The summed E-state index contributed by atoms with van der Waals surface area (Å²) in [7, 11) is 0. The average molecular weight is 394 g/mol. The van der Waals surface area contributed by atoms with Gasteiger partial charge >= 0.3 is 5.69 Å². The van der Waals surface area contributed by atoms with Gasteiger partial charge in [-0.15, -0.1) is 5.10 Å². The number of amides is 1. The highest BCUT2D eigenvalue weighted by Gasteiger charge is 2.16. The van der Waals surface area contributed by atoms with Crippen molar-refractivity contribution in [2.75, 3.05) is 5.32 Å². The lowest BCUT2D eigenvalue weighted by Crippen LogP contribution is -2.28. The summed E-state index contributed by atoms with van der Waals surface area (Å²) in [4.78, 5) is 29.8. The predicted molar refractivity (Wildman–Crippen MR) is 108 cm³/mol. The first kappa shape index (κ1) is 17.9. The molecule has 0 radical (unpaired) electrons. The highest BCUT2D eigenvalue weighted by atomic mass is 35.5. The van der Waals surface area contributed by atoms with Gasteiger partial charge in [0.2, 0.25) is 5.91 Å². The van der Waals surface area contributed by atoms with Gasteiger partial charge in [-0.3, -0.25) is 4.79 Å². The van der Waals surface area contributed by atoms with Gasteiger partial charge in [0.15, 0.2) is 5.65 Å². The molecule has 2 aromatic heterocycles. The highest BCUT2D eigenvalue weighted by Crippen LogP contribution is 2.18. The van der Waals surface area contributed by atoms with Crippen LogP contribution in [0.4, 0.5) is 5.69 Å². The number of halogens is 1. The summed E-state index contributed by atoms with van der Waals surface area (Å²) in [6.07, 6.45) is 0. The Balaban J connectivity index is 1.70. The number of anilines is 1. The van der Waals surface area contributed by atoms with Crippen molar-refractivity contribution in [2.24, 2.45) is 0 Å². The van der Waals surface area contributed by atoms with Gasteiger partial charge in [0.25, 0.3) is 0 Å². The van der Waals surface area contributed by atoms with Crippen LogP contribution in [0, 0.1) is 6.92 Å². The van der Waals surface area contributed by atoms with Crippen LogP contribution in [0.15, 0.2) is 65.5 Å². The van der Waals surface area contributed by atoms with Crippen LogP contribution in [0.1, 0.15) is 5.69 Å². The van der Waals surface area contributed by atoms with Crippen molar-refractivity contribution < 1.29 is 4.79 Å². The Labute approximate surface area is 165 Å². The van der Waals surface area contributed by atoms with Crippen molar-refractivity contribution in [2.45, 2.75) is 13.5 Å². The monoisotopic (exact) mass is 393 g/mol. The Kier molecular flexibility index (Phi) is 4.67. The molecule has 2 heterocycles. The Bertz CT molecular complexity index is 1230. The summed E-state index contributed by atoms with van der Waals surface area (Å²) in [5, 5.41) is 7.52. The fourth-order valence-corrected chi connectivity index (χ4v) is 3.13. The molecule has 0 fully saturated rings. The molecule has 7 nitrogen and oxygen atoms in total. The molecule has 0 spiro atoms. The third-order valence-corrected chi connectivity index (χ3v) is 4.37. The van der Waals surface area contributed by atoms with Crippen LogP contribution < -0.4 is 11.0 Å². The van der Waals surface area contributed by atoms with Crippen LogP contribution in [-0.2, 0) is 11.3 Å². The van der Waals surface area contributed by atoms with E-state index in [0.29, 0.717) is 22.2 Å². The number of aromatic nitrogens is 4. The fourth-order valence-electron chi connectivity index (χ4n) is 2.94. The zero-order valence-electron chi connectivity index (χ0n) is 15.0. The summed E-state index contributed by atoms with van der Waals surface area (Å²) >= 11 is 5.93. The first-order valence-electron chi connectivity index (χ1n) is 8.59. The minimum absolute atomic E-state index is 0.222. The number of rotatable bonds is 4. The summed E-state index contributed by atoms with van der Waals surface area (Å²) in [5.41, 5.74) is 2.08. The van der Waals surface area contributed by atoms with Crippen LogP contribution in [0.25, 0.3) is 17.0 Å². The fraction of sp³-hybridized carbons (Fsp3) is 0.100. The summed E-state index contributed by atoms with van der Waals surface area (Å²) in [6.45, 7) is 1.61. The maximum atomic E-state index is 12.9. The molecule has 0 unspecified atom stereocenters. The zero-order chi connectivity index (χ0) is 19.7. The Morgan fingerprint density at radius 2 is 1.89 bits per heavy atom. The Morgan fingerprint density at radius 3 is 2.64 bits per heavy atom. The van der Waals surface area contributed by atoms with E-state index < -0.39 is 5.69 Å². The molecule has 4 rings (SSSR count). The van der Waals surface area contributed by atoms with E-state index in [2.05, 4.69) is 15.4 Å². The number of aryl methyl sites for hydroxylation is 1. The summed E-state index contributed by atoms with van der Waals surface area (Å²) in [5.74, 6) is 0.112. The lowest BCUT2D eigenvalue weighted by molar-refractivity contribution is -0.117. The molecule has 140 valence electrons. The third kappa shape index (κ3) is 3.52. The zero-order valence-corrected chi connectivity index (χ0v) is 15.7. The SMILES string of the molecule is Cc1cc2nn(CC(=O)Nc3cccc(Cl)c3)c(=O)n2c(-c2ccccc2)n1. The molecule has 0 aliphatic heterocycles. The number of carbonyl (C=O) groups excluding carboxylic acids is 1. The number of carbonyl (C=O) groups is 1. The molecule has 0 aliphatic carbocycles. The highest BCUT2D eigenvalue weighted by molar-refractivity contribution is 6.30.